The maximum absolute atomic E-state index is 13.2. The van der Waals surface area contributed by atoms with Crippen molar-refractivity contribution >= 4 is 23.7 Å². The summed E-state index contributed by atoms with van der Waals surface area (Å²) in [5.74, 6) is -0.523. The van der Waals surface area contributed by atoms with Gasteiger partial charge in [0.15, 0.2) is 6.61 Å². The lowest BCUT2D eigenvalue weighted by Crippen LogP contribution is -2.54. The molecule has 188 valence electrons. The minimum atomic E-state index is -0.986. The van der Waals surface area contributed by atoms with Gasteiger partial charge in [-0.2, -0.15) is 0 Å². The van der Waals surface area contributed by atoms with Crippen LogP contribution in [0.1, 0.15) is 67.5 Å². The molecule has 1 N–H and O–H groups in total. The standard InChI is InChI=1S/C26H33N3O6/c1-16-10-25(4,5)15-26(11-16)23(32)29(24(33)27-26)13-22(31)35-14-21(30)20-9-17(2)28(18(20)3)12-19-7-6-8-34-19/h6-9,16H,10-15H2,1-5H3,(H,27,33)/t16-,26-/m1/s1. The van der Waals surface area contributed by atoms with Crippen molar-refractivity contribution in [1.82, 2.24) is 14.8 Å². The van der Waals surface area contributed by atoms with Crippen molar-refractivity contribution in [3.8, 4) is 0 Å². The number of esters is 1. The molecule has 2 aromatic heterocycles. The quantitative estimate of drug-likeness (QED) is 0.366. The van der Waals surface area contributed by atoms with E-state index in [2.05, 4.69) is 26.1 Å². The highest BCUT2D eigenvalue weighted by molar-refractivity contribution is 6.09. The monoisotopic (exact) mass is 483 g/mol. The summed E-state index contributed by atoms with van der Waals surface area (Å²) < 4.78 is 12.5. The van der Waals surface area contributed by atoms with Crippen molar-refractivity contribution in [3.05, 3.63) is 47.2 Å². The molecule has 1 spiro atoms. The van der Waals surface area contributed by atoms with E-state index in [9.17, 15) is 19.2 Å². The zero-order chi connectivity index (χ0) is 25.5. The van der Waals surface area contributed by atoms with Crippen molar-refractivity contribution in [2.45, 2.75) is 66.0 Å². The lowest BCUT2D eigenvalue weighted by molar-refractivity contribution is -0.147. The first-order chi connectivity index (χ1) is 16.4. The molecule has 1 aliphatic heterocycles. The molecular formula is C26H33N3O6. The smallest absolute Gasteiger partial charge is 0.326 e. The van der Waals surface area contributed by atoms with Crippen LogP contribution in [0.2, 0.25) is 0 Å². The van der Waals surface area contributed by atoms with Gasteiger partial charge in [-0.05, 0) is 62.6 Å². The van der Waals surface area contributed by atoms with Crippen LogP contribution in [0, 0.1) is 25.2 Å². The Balaban J connectivity index is 1.37. The Bertz CT molecular complexity index is 1160. The second kappa shape index (κ2) is 9.02. The highest BCUT2D eigenvalue weighted by atomic mass is 16.5. The molecule has 1 aliphatic carbocycles. The molecule has 1 saturated heterocycles. The molecule has 2 aliphatic rings. The van der Waals surface area contributed by atoms with Crippen molar-refractivity contribution in [3.63, 3.8) is 0 Å². The van der Waals surface area contributed by atoms with Crippen LogP contribution in [0.4, 0.5) is 4.79 Å². The Morgan fingerprint density at radius 2 is 1.97 bits per heavy atom. The first-order valence-corrected chi connectivity index (χ1v) is 11.9. The maximum atomic E-state index is 13.2. The third kappa shape index (κ3) is 4.90. The number of hydrogen-bond donors (Lipinski definition) is 1. The summed E-state index contributed by atoms with van der Waals surface area (Å²) in [5.41, 5.74) is 0.981. The molecule has 2 atom stereocenters. The van der Waals surface area contributed by atoms with Crippen LogP contribution in [-0.4, -0.2) is 51.8 Å². The molecule has 0 radical (unpaired) electrons. The Labute approximate surface area is 204 Å². The fraction of sp³-hybridized carbons (Fsp3) is 0.538. The number of imide groups is 1. The second-order valence-corrected chi connectivity index (χ2v) is 10.8. The van der Waals surface area contributed by atoms with Gasteiger partial charge in [0.25, 0.3) is 5.91 Å². The van der Waals surface area contributed by atoms with Crippen LogP contribution >= 0.6 is 0 Å². The number of carbonyl (C=O) groups is 4. The van der Waals surface area contributed by atoms with Gasteiger partial charge in [0.05, 0.1) is 12.8 Å². The van der Waals surface area contributed by atoms with E-state index in [4.69, 9.17) is 9.15 Å². The topological polar surface area (TPSA) is 111 Å². The van der Waals surface area contributed by atoms with Gasteiger partial charge >= 0.3 is 12.0 Å². The number of nitrogens with zero attached hydrogens (tertiary/aromatic N) is 2. The number of furan rings is 1. The number of amides is 3. The van der Waals surface area contributed by atoms with Crippen molar-refractivity contribution in [1.29, 1.82) is 0 Å². The van der Waals surface area contributed by atoms with Crippen molar-refractivity contribution in [2.24, 2.45) is 11.3 Å². The Morgan fingerprint density at radius 3 is 2.63 bits per heavy atom. The predicted octanol–water partition coefficient (Wildman–Crippen LogP) is 3.61. The molecule has 9 nitrogen and oxygen atoms in total. The van der Waals surface area contributed by atoms with Crippen LogP contribution in [0.3, 0.4) is 0 Å². The van der Waals surface area contributed by atoms with E-state index >= 15 is 0 Å². The summed E-state index contributed by atoms with van der Waals surface area (Å²) in [4.78, 5) is 52.0. The van der Waals surface area contributed by atoms with Crippen LogP contribution < -0.4 is 5.32 Å². The van der Waals surface area contributed by atoms with E-state index in [-0.39, 0.29) is 17.1 Å². The van der Waals surface area contributed by atoms with Gasteiger partial charge in [-0.1, -0.05) is 20.8 Å². The Morgan fingerprint density at radius 1 is 1.23 bits per heavy atom. The summed E-state index contributed by atoms with van der Waals surface area (Å²) in [7, 11) is 0. The molecule has 4 rings (SSSR count). The van der Waals surface area contributed by atoms with E-state index in [1.165, 1.54) is 0 Å². The number of ether oxygens (including phenoxy) is 1. The first-order valence-electron chi connectivity index (χ1n) is 11.9. The molecule has 2 aromatic rings. The molecule has 3 heterocycles. The normalized spacial score (nSPS) is 23.6. The number of ketones is 1. The molecule has 1 saturated carbocycles. The number of hydrogen-bond acceptors (Lipinski definition) is 6. The van der Waals surface area contributed by atoms with Gasteiger partial charge in [-0.25, -0.2) is 4.79 Å². The van der Waals surface area contributed by atoms with Crippen LogP contribution in [0.15, 0.2) is 28.9 Å². The summed E-state index contributed by atoms with van der Waals surface area (Å²) in [6.45, 7) is 9.44. The second-order valence-electron chi connectivity index (χ2n) is 10.8. The lowest BCUT2D eigenvalue weighted by atomic mass is 9.64. The Hall–Kier alpha value is -3.36. The van der Waals surface area contributed by atoms with E-state index in [1.54, 1.807) is 18.4 Å². The average molecular weight is 484 g/mol. The van der Waals surface area contributed by atoms with Gasteiger partial charge in [0, 0.05) is 17.0 Å². The van der Waals surface area contributed by atoms with Gasteiger partial charge in [0.2, 0.25) is 5.78 Å². The van der Waals surface area contributed by atoms with Crippen molar-refractivity contribution in [2.75, 3.05) is 13.2 Å². The minimum absolute atomic E-state index is 0.104. The maximum Gasteiger partial charge on any atom is 0.326 e. The van der Waals surface area contributed by atoms with E-state index in [0.29, 0.717) is 24.9 Å². The fourth-order valence-electron chi connectivity index (χ4n) is 5.93. The summed E-state index contributed by atoms with van der Waals surface area (Å²) in [5, 5.41) is 2.84. The van der Waals surface area contributed by atoms with Crippen LogP contribution in [0.5, 0.6) is 0 Å². The SMILES string of the molecule is Cc1cc(C(=O)COC(=O)CN2C(=O)N[C@@]3(C[C@H](C)CC(C)(C)C3)C2=O)c(C)n1Cc1ccco1. The van der Waals surface area contributed by atoms with E-state index in [1.807, 2.05) is 24.5 Å². The number of urea groups is 1. The molecule has 2 fully saturated rings. The largest absolute Gasteiger partial charge is 0.467 e. The average Bonchev–Trinajstić information content (AvgIpc) is 3.42. The molecule has 0 aromatic carbocycles. The summed E-state index contributed by atoms with van der Waals surface area (Å²) in [6.07, 6.45) is 3.62. The number of Topliss-reactive ketones (excluding diaryl/α,β-unsaturated/α-hetero) is 1. The fourth-order valence-corrected chi connectivity index (χ4v) is 5.93. The Kier molecular flexibility index (Phi) is 6.38. The van der Waals surface area contributed by atoms with Gasteiger partial charge in [-0.15, -0.1) is 0 Å². The zero-order valence-corrected chi connectivity index (χ0v) is 21.0. The predicted molar refractivity (Wildman–Crippen MR) is 127 cm³/mol. The molecule has 35 heavy (non-hydrogen) atoms. The number of aryl methyl sites for hydroxylation is 1. The third-order valence-corrected chi connectivity index (χ3v) is 7.04. The van der Waals surface area contributed by atoms with Crippen LogP contribution in [0.25, 0.3) is 0 Å². The molecular weight excluding hydrogens is 450 g/mol. The zero-order valence-electron chi connectivity index (χ0n) is 21.0. The summed E-state index contributed by atoms with van der Waals surface area (Å²) in [6, 6.07) is 4.82. The first kappa shape index (κ1) is 24.8. The van der Waals surface area contributed by atoms with Gasteiger partial charge in [0.1, 0.15) is 17.8 Å². The number of rotatable bonds is 7. The van der Waals surface area contributed by atoms with Gasteiger partial charge < -0.3 is 19.0 Å². The number of aromatic nitrogens is 1. The molecule has 9 heteroatoms. The molecule has 0 bridgehead atoms. The number of carbonyl (C=O) groups excluding carboxylic acids is 4. The molecule has 3 amide bonds. The lowest BCUT2D eigenvalue weighted by Gasteiger charge is -2.43. The highest BCUT2D eigenvalue weighted by Gasteiger charge is 2.56. The van der Waals surface area contributed by atoms with E-state index in [0.717, 1.165) is 28.5 Å². The van der Waals surface area contributed by atoms with Gasteiger partial charge in [-0.3, -0.25) is 19.3 Å². The highest BCUT2D eigenvalue weighted by Crippen LogP contribution is 2.46. The minimum Gasteiger partial charge on any atom is -0.467 e. The van der Waals surface area contributed by atoms with Crippen LogP contribution in [-0.2, 0) is 20.9 Å². The van der Waals surface area contributed by atoms with Crippen molar-refractivity contribution < 1.29 is 28.3 Å². The molecule has 0 unspecified atom stereocenters. The number of nitrogens with one attached hydrogen (secondary N) is 1. The third-order valence-electron chi connectivity index (χ3n) is 7.04. The summed E-state index contributed by atoms with van der Waals surface area (Å²) >= 11 is 0. The van der Waals surface area contributed by atoms with E-state index < -0.39 is 36.6 Å².